The second-order valence-electron chi connectivity index (χ2n) is 6.17. The maximum atomic E-state index is 12.4. The molecule has 0 aliphatic rings. The number of hydrogen-bond donors (Lipinski definition) is 2. The first-order valence-corrected chi connectivity index (χ1v) is 8.39. The van der Waals surface area contributed by atoms with Crippen molar-refractivity contribution < 1.29 is 4.79 Å². The normalized spacial score (nSPS) is 10.4. The van der Waals surface area contributed by atoms with E-state index in [1.807, 2.05) is 51.1 Å². The number of hydrogen-bond acceptors (Lipinski definition) is 5. The Balaban J connectivity index is 1.75. The highest BCUT2D eigenvalue weighted by atomic mass is 16.1. The Labute approximate surface area is 152 Å². The minimum absolute atomic E-state index is 0.259. The zero-order chi connectivity index (χ0) is 18.5. The SMILES string of the molecule is Cc1ccc(Nc2nc(C)cc(C(=O)NCc3ccccn3)n2)c(C)c1. The van der Waals surface area contributed by atoms with E-state index in [2.05, 4.69) is 31.7 Å². The summed E-state index contributed by atoms with van der Waals surface area (Å²) in [6.07, 6.45) is 1.70. The number of aryl methyl sites for hydroxylation is 3. The molecule has 0 bridgehead atoms. The number of benzene rings is 1. The molecule has 6 nitrogen and oxygen atoms in total. The van der Waals surface area contributed by atoms with Crippen molar-refractivity contribution in [2.24, 2.45) is 0 Å². The second-order valence-corrected chi connectivity index (χ2v) is 6.17. The van der Waals surface area contributed by atoms with Gasteiger partial charge in [-0.25, -0.2) is 9.97 Å². The van der Waals surface area contributed by atoms with Crippen LogP contribution in [0.1, 0.15) is 33.0 Å². The van der Waals surface area contributed by atoms with Crippen LogP contribution in [0, 0.1) is 20.8 Å². The molecule has 2 N–H and O–H groups in total. The topological polar surface area (TPSA) is 79.8 Å². The van der Waals surface area contributed by atoms with E-state index in [0.717, 1.165) is 22.6 Å². The van der Waals surface area contributed by atoms with Crippen LogP contribution < -0.4 is 10.6 Å². The van der Waals surface area contributed by atoms with Crippen LogP contribution in [-0.2, 0) is 6.54 Å². The molecule has 0 spiro atoms. The zero-order valence-electron chi connectivity index (χ0n) is 15.1. The van der Waals surface area contributed by atoms with Crippen molar-refractivity contribution in [1.82, 2.24) is 20.3 Å². The van der Waals surface area contributed by atoms with E-state index in [-0.39, 0.29) is 5.91 Å². The fraction of sp³-hybridized carbons (Fsp3) is 0.200. The minimum Gasteiger partial charge on any atom is -0.345 e. The van der Waals surface area contributed by atoms with Gasteiger partial charge in [-0.05, 0) is 50.6 Å². The summed E-state index contributed by atoms with van der Waals surface area (Å²) in [7, 11) is 0. The average Bonchev–Trinajstić information content (AvgIpc) is 2.62. The van der Waals surface area contributed by atoms with Crippen LogP contribution in [0.2, 0.25) is 0 Å². The lowest BCUT2D eigenvalue weighted by atomic mass is 10.1. The first-order valence-electron chi connectivity index (χ1n) is 8.39. The fourth-order valence-corrected chi connectivity index (χ4v) is 2.58. The predicted octanol–water partition coefficient (Wildman–Crippen LogP) is 3.47. The van der Waals surface area contributed by atoms with E-state index < -0.39 is 0 Å². The van der Waals surface area contributed by atoms with Gasteiger partial charge in [-0.3, -0.25) is 9.78 Å². The maximum Gasteiger partial charge on any atom is 0.270 e. The van der Waals surface area contributed by atoms with Crippen molar-refractivity contribution in [3.05, 3.63) is 76.9 Å². The van der Waals surface area contributed by atoms with E-state index in [9.17, 15) is 4.79 Å². The lowest BCUT2D eigenvalue weighted by Gasteiger charge is -2.11. The molecular formula is C20H21N5O. The van der Waals surface area contributed by atoms with E-state index >= 15 is 0 Å². The summed E-state index contributed by atoms with van der Waals surface area (Å²) in [6.45, 7) is 6.25. The number of carbonyl (C=O) groups is 1. The number of nitrogens with one attached hydrogen (secondary N) is 2. The molecule has 0 saturated carbocycles. The quantitative estimate of drug-likeness (QED) is 0.739. The van der Waals surface area contributed by atoms with Gasteiger partial charge in [0.25, 0.3) is 5.91 Å². The molecule has 0 atom stereocenters. The summed E-state index contributed by atoms with van der Waals surface area (Å²) in [6, 6.07) is 13.3. The molecule has 2 aromatic heterocycles. The van der Waals surface area contributed by atoms with Gasteiger partial charge in [0.1, 0.15) is 5.69 Å². The van der Waals surface area contributed by atoms with Crippen LogP contribution in [0.15, 0.2) is 48.7 Å². The summed E-state index contributed by atoms with van der Waals surface area (Å²) in [4.78, 5) is 25.4. The Morgan fingerprint density at radius 3 is 2.62 bits per heavy atom. The summed E-state index contributed by atoms with van der Waals surface area (Å²) < 4.78 is 0. The number of amides is 1. The zero-order valence-corrected chi connectivity index (χ0v) is 15.1. The van der Waals surface area contributed by atoms with Gasteiger partial charge >= 0.3 is 0 Å². The molecule has 0 aliphatic carbocycles. The van der Waals surface area contributed by atoms with E-state index in [4.69, 9.17) is 0 Å². The lowest BCUT2D eigenvalue weighted by molar-refractivity contribution is 0.0945. The second kappa shape index (κ2) is 7.74. The van der Waals surface area contributed by atoms with Crippen LogP contribution in [0.5, 0.6) is 0 Å². The highest BCUT2D eigenvalue weighted by molar-refractivity contribution is 5.92. The third-order valence-corrected chi connectivity index (χ3v) is 3.87. The molecule has 0 fully saturated rings. The molecule has 26 heavy (non-hydrogen) atoms. The molecule has 3 rings (SSSR count). The number of aromatic nitrogens is 3. The van der Waals surface area contributed by atoms with Crippen LogP contribution in [0.4, 0.5) is 11.6 Å². The molecule has 0 aliphatic heterocycles. The minimum atomic E-state index is -0.259. The number of rotatable bonds is 5. The highest BCUT2D eigenvalue weighted by Gasteiger charge is 2.11. The largest absolute Gasteiger partial charge is 0.345 e. The van der Waals surface area contributed by atoms with Crippen molar-refractivity contribution >= 4 is 17.5 Å². The lowest BCUT2D eigenvalue weighted by Crippen LogP contribution is -2.24. The van der Waals surface area contributed by atoms with Crippen molar-refractivity contribution in [1.29, 1.82) is 0 Å². The molecule has 0 unspecified atom stereocenters. The molecule has 6 heteroatoms. The molecule has 2 heterocycles. The summed E-state index contributed by atoms with van der Waals surface area (Å²) in [5.41, 5.74) is 5.03. The Morgan fingerprint density at radius 1 is 1.04 bits per heavy atom. The Hall–Kier alpha value is -3.28. The first-order chi connectivity index (χ1) is 12.5. The Bertz CT molecular complexity index is 925. The third-order valence-electron chi connectivity index (χ3n) is 3.87. The number of nitrogens with zero attached hydrogens (tertiary/aromatic N) is 3. The van der Waals surface area contributed by atoms with Gasteiger partial charge in [0.15, 0.2) is 0 Å². The number of anilines is 2. The molecular weight excluding hydrogens is 326 g/mol. The molecule has 0 radical (unpaired) electrons. The van der Waals surface area contributed by atoms with Gasteiger partial charge in [-0.1, -0.05) is 23.8 Å². The standard InChI is InChI=1S/C20H21N5O/c1-13-7-8-17(14(2)10-13)24-20-23-15(3)11-18(25-20)19(26)22-12-16-6-4-5-9-21-16/h4-11H,12H2,1-3H3,(H,22,26)(H,23,24,25). The third kappa shape index (κ3) is 4.42. The smallest absolute Gasteiger partial charge is 0.270 e. The van der Waals surface area contributed by atoms with Gasteiger partial charge in [0.05, 0.1) is 12.2 Å². The number of carbonyl (C=O) groups excluding carboxylic acids is 1. The molecule has 1 amide bonds. The van der Waals surface area contributed by atoms with Gasteiger partial charge in [-0.2, -0.15) is 0 Å². The van der Waals surface area contributed by atoms with E-state index in [1.54, 1.807) is 12.3 Å². The van der Waals surface area contributed by atoms with E-state index in [1.165, 1.54) is 5.56 Å². The van der Waals surface area contributed by atoms with Crippen LogP contribution in [-0.4, -0.2) is 20.9 Å². The molecule has 1 aromatic carbocycles. The van der Waals surface area contributed by atoms with Crippen molar-refractivity contribution in [3.8, 4) is 0 Å². The van der Waals surface area contributed by atoms with Gasteiger partial charge < -0.3 is 10.6 Å². The molecule has 132 valence electrons. The van der Waals surface area contributed by atoms with Crippen molar-refractivity contribution in [3.63, 3.8) is 0 Å². The van der Waals surface area contributed by atoms with Crippen molar-refractivity contribution in [2.45, 2.75) is 27.3 Å². The van der Waals surface area contributed by atoms with Crippen LogP contribution >= 0.6 is 0 Å². The fourth-order valence-electron chi connectivity index (χ4n) is 2.58. The highest BCUT2D eigenvalue weighted by Crippen LogP contribution is 2.19. The summed E-state index contributed by atoms with van der Waals surface area (Å²) in [5.74, 6) is 0.143. The number of pyridine rings is 1. The Morgan fingerprint density at radius 2 is 1.88 bits per heavy atom. The van der Waals surface area contributed by atoms with Crippen LogP contribution in [0.3, 0.4) is 0 Å². The maximum absolute atomic E-state index is 12.4. The van der Waals surface area contributed by atoms with Crippen molar-refractivity contribution in [2.75, 3.05) is 5.32 Å². The molecule has 0 saturated heterocycles. The summed E-state index contributed by atoms with van der Waals surface area (Å²) >= 11 is 0. The van der Waals surface area contributed by atoms with Crippen LogP contribution in [0.25, 0.3) is 0 Å². The Kier molecular flexibility index (Phi) is 5.22. The van der Waals surface area contributed by atoms with Gasteiger partial charge in [0, 0.05) is 17.6 Å². The predicted molar refractivity (Wildman–Crippen MR) is 101 cm³/mol. The van der Waals surface area contributed by atoms with E-state index in [0.29, 0.717) is 18.2 Å². The molecule has 3 aromatic rings. The average molecular weight is 347 g/mol. The summed E-state index contributed by atoms with van der Waals surface area (Å²) in [5, 5.41) is 6.03. The van der Waals surface area contributed by atoms with Gasteiger partial charge in [0.2, 0.25) is 5.95 Å². The van der Waals surface area contributed by atoms with Gasteiger partial charge in [-0.15, -0.1) is 0 Å². The first kappa shape index (κ1) is 17.5. The monoisotopic (exact) mass is 347 g/mol.